The molecule has 1 heterocycles. The Labute approximate surface area is 150 Å². The van der Waals surface area contributed by atoms with Crippen LogP contribution in [0.15, 0.2) is 30.6 Å². The maximum atomic E-state index is 3.82. The van der Waals surface area contributed by atoms with Crippen molar-refractivity contribution in [3.05, 3.63) is 30.6 Å². The summed E-state index contributed by atoms with van der Waals surface area (Å²) in [7, 11) is 0. The number of rotatable bonds is 11. The quantitative estimate of drug-likeness (QED) is 0.209. The van der Waals surface area contributed by atoms with Crippen molar-refractivity contribution in [3.8, 4) is 0 Å². The van der Waals surface area contributed by atoms with Crippen molar-refractivity contribution in [2.24, 2.45) is 0 Å². The first-order chi connectivity index (χ1) is 9.33. The molecule has 1 unspecified atom stereocenters. The van der Waals surface area contributed by atoms with Gasteiger partial charge in [-0.1, -0.05) is 73.9 Å². The van der Waals surface area contributed by atoms with Gasteiger partial charge in [-0.2, -0.15) is 0 Å². The zero-order chi connectivity index (χ0) is 13.8. The summed E-state index contributed by atoms with van der Waals surface area (Å²) in [6, 6.07) is 6.26. The van der Waals surface area contributed by atoms with Crippen LogP contribution in [0.4, 0.5) is 0 Å². The zero-order valence-corrected chi connectivity index (χ0v) is 16.5. The largest absolute Gasteiger partial charge is 1.00 e. The van der Waals surface area contributed by atoms with Gasteiger partial charge in [0.2, 0.25) is 0 Å². The highest BCUT2D eigenvalue weighted by Crippen LogP contribution is 2.16. The van der Waals surface area contributed by atoms with E-state index in [1.807, 2.05) is 0 Å². The average Bonchev–Trinajstić information content (AvgIpc) is 2.45. The Hall–Kier alpha value is 0.360. The van der Waals surface area contributed by atoms with E-state index in [1.165, 1.54) is 57.8 Å². The van der Waals surface area contributed by atoms with E-state index in [2.05, 4.69) is 58.0 Å². The van der Waals surface area contributed by atoms with Crippen LogP contribution in [-0.4, -0.2) is 4.83 Å². The summed E-state index contributed by atoms with van der Waals surface area (Å²) >= 11 is 3.82. The van der Waals surface area contributed by atoms with E-state index in [0.717, 1.165) is 6.54 Å². The van der Waals surface area contributed by atoms with E-state index in [0.29, 0.717) is 4.83 Å². The van der Waals surface area contributed by atoms with Gasteiger partial charge in [-0.05, 0) is 6.42 Å². The van der Waals surface area contributed by atoms with Crippen LogP contribution in [0.5, 0.6) is 0 Å². The Morgan fingerprint density at radius 3 is 2.10 bits per heavy atom. The summed E-state index contributed by atoms with van der Waals surface area (Å²) in [6.45, 7) is 3.40. The molecule has 20 heavy (non-hydrogen) atoms. The van der Waals surface area contributed by atoms with Gasteiger partial charge < -0.3 is 24.0 Å². The Kier molecular flexibility index (Phi) is 14.6. The van der Waals surface area contributed by atoms with Crippen molar-refractivity contribution in [2.45, 2.75) is 76.1 Å². The lowest BCUT2D eigenvalue weighted by atomic mass is 10.1. The highest BCUT2D eigenvalue weighted by atomic mass is 127. The number of aromatic nitrogens is 1. The molecule has 0 amide bonds. The Bertz CT molecular complexity index is 305. The van der Waals surface area contributed by atoms with Crippen LogP contribution in [0, 0.1) is 0 Å². The van der Waals surface area contributed by atoms with Gasteiger partial charge in [-0.25, -0.2) is 4.57 Å². The molecular weight excluding hydrogens is 425 g/mol. The number of pyridine rings is 1. The fourth-order valence-corrected chi connectivity index (χ4v) is 2.87. The number of alkyl halides is 1. The third kappa shape index (κ3) is 11.1. The van der Waals surface area contributed by atoms with Crippen LogP contribution >= 0.6 is 15.9 Å². The van der Waals surface area contributed by atoms with Crippen molar-refractivity contribution in [1.29, 1.82) is 0 Å². The summed E-state index contributed by atoms with van der Waals surface area (Å²) in [6.07, 6.45) is 16.7. The molecule has 0 aliphatic heterocycles. The average molecular weight is 454 g/mol. The normalized spacial score (nSPS) is 11.9. The Balaban J connectivity index is 0.00000361. The highest BCUT2D eigenvalue weighted by Gasteiger charge is 2.07. The Morgan fingerprint density at radius 2 is 1.45 bits per heavy atom. The standard InChI is InChI=1S/C17H29BrN.HI/c1-2-3-4-5-6-7-9-12-17(18)13-16-19-14-10-8-11-15-19;/h8,10-11,14-15,17H,2-7,9,12-13,16H2,1H3;1H/q+1;/p-1. The van der Waals surface area contributed by atoms with Gasteiger partial charge in [0.05, 0.1) is 0 Å². The molecule has 1 aromatic rings. The maximum Gasteiger partial charge on any atom is 0.168 e. The third-order valence-electron chi connectivity index (χ3n) is 3.60. The van der Waals surface area contributed by atoms with E-state index in [1.54, 1.807) is 0 Å². The van der Waals surface area contributed by atoms with E-state index >= 15 is 0 Å². The monoisotopic (exact) mass is 453 g/mol. The maximum absolute atomic E-state index is 3.82. The molecule has 3 heteroatoms. The molecular formula is C17H29BrIN. The molecule has 0 saturated heterocycles. The molecule has 0 N–H and O–H groups in total. The minimum absolute atomic E-state index is 0. The van der Waals surface area contributed by atoms with Crippen LogP contribution < -0.4 is 28.5 Å². The lowest BCUT2D eigenvalue weighted by Crippen LogP contribution is -3.00. The van der Waals surface area contributed by atoms with E-state index < -0.39 is 0 Å². The molecule has 0 saturated carbocycles. The first-order valence-corrected chi connectivity index (χ1v) is 8.82. The number of unbranched alkanes of at least 4 members (excludes halogenated alkanes) is 6. The fraction of sp³-hybridized carbons (Fsp3) is 0.706. The predicted octanol–water partition coefficient (Wildman–Crippen LogP) is 2.27. The third-order valence-corrected chi connectivity index (χ3v) is 4.51. The van der Waals surface area contributed by atoms with Crippen molar-refractivity contribution in [3.63, 3.8) is 0 Å². The topological polar surface area (TPSA) is 3.88 Å². The van der Waals surface area contributed by atoms with Gasteiger partial charge in [0.1, 0.15) is 6.54 Å². The second kappa shape index (κ2) is 14.3. The zero-order valence-electron chi connectivity index (χ0n) is 12.7. The van der Waals surface area contributed by atoms with Gasteiger partial charge in [-0.15, -0.1) is 0 Å². The molecule has 1 nitrogen and oxygen atoms in total. The van der Waals surface area contributed by atoms with Crippen LogP contribution in [0.1, 0.15) is 64.7 Å². The van der Waals surface area contributed by atoms with Gasteiger partial charge in [0, 0.05) is 23.4 Å². The molecule has 0 radical (unpaired) electrons. The van der Waals surface area contributed by atoms with Crippen LogP contribution in [-0.2, 0) is 6.54 Å². The van der Waals surface area contributed by atoms with Crippen LogP contribution in [0.2, 0.25) is 0 Å². The second-order valence-electron chi connectivity index (χ2n) is 5.41. The smallest absolute Gasteiger partial charge is 0.168 e. The molecule has 0 aromatic carbocycles. The van der Waals surface area contributed by atoms with E-state index in [4.69, 9.17) is 0 Å². The highest BCUT2D eigenvalue weighted by molar-refractivity contribution is 9.09. The van der Waals surface area contributed by atoms with Crippen molar-refractivity contribution in [2.75, 3.05) is 0 Å². The van der Waals surface area contributed by atoms with Gasteiger partial charge in [0.15, 0.2) is 12.4 Å². The molecule has 0 bridgehead atoms. The molecule has 1 rings (SSSR count). The predicted molar refractivity (Wildman–Crippen MR) is 86.6 cm³/mol. The van der Waals surface area contributed by atoms with Gasteiger partial charge >= 0.3 is 0 Å². The van der Waals surface area contributed by atoms with Gasteiger partial charge in [-0.3, -0.25) is 0 Å². The molecule has 0 aliphatic carbocycles. The fourth-order valence-electron chi connectivity index (χ4n) is 2.34. The summed E-state index contributed by atoms with van der Waals surface area (Å²) < 4.78 is 2.26. The number of hydrogen-bond donors (Lipinski definition) is 0. The number of aryl methyl sites for hydroxylation is 1. The van der Waals surface area contributed by atoms with E-state index in [-0.39, 0.29) is 24.0 Å². The molecule has 1 atom stereocenters. The van der Waals surface area contributed by atoms with E-state index in [9.17, 15) is 0 Å². The number of halogens is 2. The molecule has 1 aromatic heterocycles. The van der Waals surface area contributed by atoms with Crippen LogP contribution in [0.25, 0.3) is 0 Å². The first-order valence-electron chi connectivity index (χ1n) is 7.91. The van der Waals surface area contributed by atoms with Crippen molar-refractivity contribution >= 4 is 15.9 Å². The molecule has 0 fully saturated rings. The lowest BCUT2D eigenvalue weighted by molar-refractivity contribution is -0.697. The SMILES string of the molecule is CCCCCCCCCC(Br)CC[n+]1ccccc1.[I-]. The van der Waals surface area contributed by atoms with Crippen molar-refractivity contribution < 1.29 is 28.5 Å². The molecule has 0 aliphatic rings. The second-order valence-corrected chi connectivity index (χ2v) is 6.70. The summed E-state index contributed by atoms with van der Waals surface area (Å²) in [4.78, 5) is 0.677. The number of hydrogen-bond acceptors (Lipinski definition) is 0. The minimum Gasteiger partial charge on any atom is -1.00 e. The molecule has 0 spiro atoms. The first kappa shape index (κ1) is 20.4. The van der Waals surface area contributed by atoms with Crippen molar-refractivity contribution in [1.82, 2.24) is 0 Å². The Morgan fingerprint density at radius 1 is 0.850 bits per heavy atom. The summed E-state index contributed by atoms with van der Waals surface area (Å²) in [5.41, 5.74) is 0. The molecule has 116 valence electrons. The summed E-state index contributed by atoms with van der Waals surface area (Å²) in [5.74, 6) is 0. The van der Waals surface area contributed by atoms with Crippen LogP contribution in [0.3, 0.4) is 0 Å². The summed E-state index contributed by atoms with van der Waals surface area (Å²) in [5, 5.41) is 0. The van der Waals surface area contributed by atoms with Gasteiger partial charge in [0.25, 0.3) is 0 Å². The minimum atomic E-state index is 0. The number of nitrogens with zero attached hydrogens (tertiary/aromatic N) is 1. The lowest BCUT2D eigenvalue weighted by Gasteiger charge is -2.07.